The van der Waals surface area contributed by atoms with E-state index in [0.717, 1.165) is 16.0 Å². The molecule has 0 aliphatic heterocycles. The molecule has 26 heavy (non-hydrogen) atoms. The minimum Gasteiger partial charge on any atom is -0.469 e. The monoisotopic (exact) mass is 370 g/mol. The van der Waals surface area contributed by atoms with Crippen LogP contribution in [0.25, 0.3) is 10.6 Å². The van der Waals surface area contributed by atoms with Gasteiger partial charge in [0.15, 0.2) is 11.5 Å². The van der Waals surface area contributed by atoms with Crippen LogP contribution < -0.4 is 5.32 Å². The van der Waals surface area contributed by atoms with Crippen LogP contribution in [0.2, 0.25) is 0 Å². The Morgan fingerprint density at radius 3 is 2.69 bits per heavy atom. The van der Waals surface area contributed by atoms with Crippen LogP contribution in [0.4, 0.5) is 0 Å². The molecule has 3 aromatic rings. The number of nitrogens with zero attached hydrogens (tertiary/aromatic N) is 1. The number of hydrogen-bond acceptors (Lipinski definition) is 6. The summed E-state index contributed by atoms with van der Waals surface area (Å²) in [4.78, 5) is 25.2. The maximum Gasteiger partial charge on any atom is 0.307 e. The summed E-state index contributed by atoms with van der Waals surface area (Å²) in [5, 5.41) is 8.59. The molecule has 1 atom stereocenters. The Labute approximate surface area is 154 Å². The smallest absolute Gasteiger partial charge is 0.307 e. The molecule has 3 rings (SSSR count). The highest BCUT2D eigenvalue weighted by molar-refractivity contribution is 7.13. The highest BCUT2D eigenvalue weighted by Crippen LogP contribution is 2.25. The van der Waals surface area contributed by atoms with E-state index < -0.39 is 17.9 Å². The zero-order valence-electron chi connectivity index (χ0n) is 14.4. The minimum atomic E-state index is -0.516. The number of rotatable bonds is 6. The summed E-state index contributed by atoms with van der Waals surface area (Å²) < 4.78 is 9.99. The van der Waals surface area contributed by atoms with Crippen LogP contribution in [0.1, 0.15) is 34.1 Å². The fourth-order valence-electron chi connectivity index (χ4n) is 2.45. The summed E-state index contributed by atoms with van der Waals surface area (Å²) >= 11 is 1.50. The second-order valence-corrected chi connectivity index (χ2v) is 6.72. The number of nitrogens with one attached hydrogen (secondary N) is 1. The van der Waals surface area contributed by atoms with E-state index >= 15 is 0 Å². The van der Waals surface area contributed by atoms with Crippen LogP contribution in [-0.4, -0.2) is 24.1 Å². The average molecular weight is 370 g/mol. The molecule has 0 fully saturated rings. The molecule has 0 saturated carbocycles. The van der Waals surface area contributed by atoms with Crippen molar-refractivity contribution < 1.29 is 18.8 Å². The van der Waals surface area contributed by atoms with E-state index in [1.165, 1.54) is 18.4 Å². The van der Waals surface area contributed by atoms with Gasteiger partial charge in [-0.1, -0.05) is 41.1 Å². The van der Waals surface area contributed by atoms with Gasteiger partial charge in [0.25, 0.3) is 5.91 Å². The Kier molecular flexibility index (Phi) is 5.48. The number of ether oxygens (including phenoxy) is 1. The summed E-state index contributed by atoms with van der Waals surface area (Å²) in [6.07, 6.45) is 0.0287. The van der Waals surface area contributed by atoms with Crippen molar-refractivity contribution in [3.63, 3.8) is 0 Å². The van der Waals surface area contributed by atoms with Crippen LogP contribution in [0.5, 0.6) is 0 Å². The molecule has 0 saturated heterocycles. The fourth-order valence-corrected chi connectivity index (χ4v) is 3.12. The van der Waals surface area contributed by atoms with E-state index in [9.17, 15) is 9.59 Å². The molecule has 1 N–H and O–H groups in total. The second-order valence-electron chi connectivity index (χ2n) is 5.77. The van der Waals surface area contributed by atoms with E-state index in [4.69, 9.17) is 9.26 Å². The number of methoxy groups -OCH3 is 1. The van der Waals surface area contributed by atoms with E-state index in [1.54, 1.807) is 6.07 Å². The van der Waals surface area contributed by atoms with Gasteiger partial charge in [-0.15, -0.1) is 11.3 Å². The first-order valence-corrected chi connectivity index (χ1v) is 8.89. The van der Waals surface area contributed by atoms with Crippen molar-refractivity contribution in [1.82, 2.24) is 10.5 Å². The summed E-state index contributed by atoms with van der Waals surface area (Å²) in [5.41, 5.74) is 2.07. The molecule has 7 heteroatoms. The van der Waals surface area contributed by atoms with Gasteiger partial charge in [-0.2, -0.15) is 0 Å². The first-order chi connectivity index (χ1) is 12.6. The molecule has 2 aromatic heterocycles. The molecule has 6 nitrogen and oxygen atoms in total. The number of esters is 1. The molecule has 0 spiro atoms. The van der Waals surface area contributed by atoms with Crippen LogP contribution in [0.15, 0.2) is 52.4 Å². The predicted octanol–water partition coefficient (Wildman–Crippen LogP) is 3.75. The van der Waals surface area contributed by atoms with Gasteiger partial charge in [0.1, 0.15) is 0 Å². The second kappa shape index (κ2) is 7.97. The zero-order valence-corrected chi connectivity index (χ0v) is 15.2. The lowest BCUT2D eigenvalue weighted by Crippen LogP contribution is -2.30. The topological polar surface area (TPSA) is 81.4 Å². The van der Waals surface area contributed by atoms with Crippen molar-refractivity contribution in [2.75, 3.05) is 7.11 Å². The molecule has 1 amide bonds. The fraction of sp³-hybridized carbons (Fsp3) is 0.211. The van der Waals surface area contributed by atoms with Crippen molar-refractivity contribution in [2.24, 2.45) is 0 Å². The normalized spacial score (nSPS) is 11.8. The molecule has 1 unspecified atom stereocenters. The van der Waals surface area contributed by atoms with Crippen LogP contribution >= 0.6 is 11.3 Å². The van der Waals surface area contributed by atoms with Crippen molar-refractivity contribution in [1.29, 1.82) is 0 Å². The van der Waals surface area contributed by atoms with Gasteiger partial charge in [0.05, 0.1) is 24.4 Å². The predicted molar refractivity (Wildman–Crippen MR) is 97.8 cm³/mol. The maximum atomic E-state index is 12.6. The van der Waals surface area contributed by atoms with E-state index in [2.05, 4.69) is 10.5 Å². The van der Waals surface area contributed by atoms with Crippen LogP contribution in [0, 0.1) is 6.92 Å². The molecular formula is C19H18N2O4S. The zero-order chi connectivity index (χ0) is 18.5. The van der Waals surface area contributed by atoms with Crippen LogP contribution in [0.3, 0.4) is 0 Å². The third-order valence-electron chi connectivity index (χ3n) is 3.89. The molecule has 0 bridgehead atoms. The van der Waals surface area contributed by atoms with Crippen LogP contribution in [-0.2, 0) is 9.53 Å². The first-order valence-electron chi connectivity index (χ1n) is 8.01. The number of benzene rings is 1. The van der Waals surface area contributed by atoms with Gasteiger partial charge in [0.2, 0.25) is 0 Å². The molecule has 0 radical (unpaired) electrons. The van der Waals surface area contributed by atoms with Gasteiger partial charge in [-0.05, 0) is 23.9 Å². The standard InChI is InChI=1S/C19H18N2O4S/c1-12-5-7-13(8-6-12)14(11-18(22)24-2)20-19(23)15-10-16(25-21-15)17-4-3-9-26-17/h3-10,14H,11H2,1-2H3,(H,20,23). The van der Waals surface area contributed by atoms with Gasteiger partial charge in [0, 0.05) is 6.07 Å². The summed E-state index contributed by atoms with van der Waals surface area (Å²) in [5.74, 6) is -0.286. The lowest BCUT2D eigenvalue weighted by Gasteiger charge is -2.17. The number of amides is 1. The third kappa shape index (κ3) is 4.18. The minimum absolute atomic E-state index is 0.0287. The number of carbonyl (C=O) groups excluding carboxylic acids is 2. The van der Waals surface area contributed by atoms with E-state index in [-0.39, 0.29) is 12.1 Å². The van der Waals surface area contributed by atoms with Gasteiger partial charge >= 0.3 is 5.97 Å². The first kappa shape index (κ1) is 17.9. The van der Waals surface area contributed by atoms with Crippen molar-refractivity contribution in [2.45, 2.75) is 19.4 Å². The summed E-state index contributed by atoms with van der Waals surface area (Å²) in [6, 6.07) is 12.5. The number of hydrogen-bond donors (Lipinski definition) is 1. The van der Waals surface area contributed by atoms with E-state index in [1.807, 2.05) is 48.7 Å². The number of thiophene rings is 1. The summed E-state index contributed by atoms with van der Waals surface area (Å²) in [6.45, 7) is 1.97. The molecule has 134 valence electrons. The van der Waals surface area contributed by atoms with Gasteiger partial charge < -0.3 is 14.6 Å². The van der Waals surface area contributed by atoms with Crippen molar-refractivity contribution in [3.8, 4) is 10.6 Å². The summed E-state index contributed by atoms with van der Waals surface area (Å²) in [7, 11) is 1.32. The van der Waals surface area contributed by atoms with Gasteiger partial charge in [-0.3, -0.25) is 9.59 Å². The lowest BCUT2D eigenvalue weighted by molar-refractivity contribution is -0.141. The van der Waals surface area contributed by atoms with E-state index in [0.29, 0.717) is 5.76 Å². The largest absolute Gasteiger partial charge is 0.469 e. The Balaban J connectivity index is 1.78. The highest BCUT2D eigenvalue weighted by atomic mass is 32.1. The molecular weight excluding hydrogens is 352 g/mol. The quantitative estimate of drug-likeness (QED) is 0.669. The highest BCUT2D eigenvalue weighted by Gasteiger charge is 2.22. The number of aryl methyl sites for hydroxylation is 1. The molecule has 2 heterocycles. The SMILES string of the molecule is COC(=O)CC(NC(=O)c1cc(-c2cccs2)on1)c1ccc(C)cc1. The van der Waals surface area contributed by atoms with Gasteiger partial charge in [-0.25, -0.2) is 0 Å². The Morgan fingerprint density at radius 2 is 2.04 bits per heavy atom. The average Bonchev–Trinajstić information content (AvgIpc) is 3.33. The third-order valence-corrected chi connectivity index (χ3v) is 4.77. The molecule has 1 aromatic carbocycles. The van der Waals surface area contributed by atoms with Crippen molar-refractivity contribution in [3.05, 3.63) is 64.7 Å². The maximum absolute atomic E-state index is 12.6. The van der Waals surface area contributed by atoms with Crippen molar-refractivity contribution >= 4 is 23.2 Å². The molecule has 0 aliphatic carbocycles. The lowest BCUT2D eigenvalue weighted by atomic mass is 10.0. The Morgan fingerprint density at radius 1 is 1.27 bits per heavy atom. The number of aromatic nitrogens is 1. The Hall–Kier alpha value is -2.93. The number of carbonyl (C=O) groups is 2. The Bertz CT molecular complexity index is 885. The molecule has 0 aliphatic rings.